The monoisotopic (exact) mass is 438 g/mol. The van der Waals surface area contributed by atoms with Gasteiger partial charge in [-0.15, -0.1) is 0 Å². The lowest BCUT2D eigenvalue weighted by atomic mass is 9.91. The fourth-order valence-electron chi connectivity index (χ4n) is 2.57. The van der Waals surface area contributed by atoms with Gasteiger partial charge < -0.3 is 5.11 Å². The Morgan fingerprint density at radius 3 is 2.46 bits per heavy atom. The van der Waals surface area contributed by atoms with Gasteiger partial charge in [0.25, 0.3) is 0 Å². The SMILES string of the molecule is CC(C)(C)c1ccc2c(Cl)cc(S(=O)ONCc3ccc(Cl)cc3)c(O)c2n1. The smallest absolute Gasteiger partial charge is 0.210 e. The number of aromatic hydroxyl groups is 1. The number of hydrogen-bond acceptors (Lipinski definition) is 5. The van der Waals surface area contributed by atoms with Crippen LogP contribution < -0.4 is 5.48 Å². The molecule has 148 valence electrons. The first-order valence-corrected chi connectivity index (χ1v) is 10.4. The molecule has 0 bridgehead atoms. The summed E-state index contributed by atoms with van der Waals surface area (Å²) in [7, 11) is 0. The van der Waals surface area contributed by atoms with Crippen LogP contribution in [0.2, 0.25) is 10.0 Å². The van der Waals surface area contributed by atoms with Gasteiger partial charge in [0.05, 0.1) is 5.02 Å². The van der Waals surface area contributed by atoms with Crippen molar-refractivity contribution >= 4 is 45.2 Å². The Morgan fingerprint density at radius 2 is 1.82 bits per heavy atom. The Labute approximate surface area is 176 Å². The molecule has 8 heteroatoms. The third-order valence-electron chi connectivity index (χ3n) is 4.14. The molecule has 0 saturated carbocycles. The van der Waals surface area contributed by atoms with Crippen LogP contribution in [0.4, 0.5) is 0 Å². The Balaban J connectivity index is 1.84. The van der Waals surface area contributed by atoms with Gasteiger partial charge in [-0.05, 0) is 35.9 Å². The molecule has 1 unspecified atom stereocenters. The van der Waals surface area contributed by atoms with Crippen LogP contribution in [0, 0.1) is 0 Å². The van der Waals surface area contributed by atoms with E-state index in [0.717, 1.165) is 11.3 Å². The third-order valence-corrected chi connectivity index (χ3v) is 5.64. The van der Waals surface area contributed by atoms with Crippen LogP contribution in [-0.4, -0.2) is 14.3 Å². The van der Waals surface area contributed by atoms with Crippen molar-refractivity contribution in [2.45, 2.75) is 37.6 Å². The van der Waals surface area contributed by atoms with E-state index in [0.29, 0.717) is 27.5 Å². The zero-order valence-electron chi connectivity index (χ0n) is 15.6. The number of phenolic OH excluding ortho intramolecular Hbond substituents is 1. The van der Waals surface area contributed by atoms with E-state index in [1.165, 1.54) is 6.07 Å². The van der Waals surface area contributed by atoms with Crippen molar-refractivity contribution in [3.8, 4) is 5.75 Å². The van der Waals surface area contributed by atoms with Crippen molar-refractivity contribution in [3.63, 3.8) is 0 Å². The van der Waals surface area contributed by atoms with Crippen molar-refractivity contribution in [1.82, 2.24) is 10.5 Å². The average molecular weight is 439 g/mol. The topological polar surface area (TPSA) is 71.5 Å². The molecule has 28 heavy (non-hydrogen) atoms. The number of halogens is 2. The van der Waals surface area contributed by atoms with Crippen LogP contribution in [-0.2, 0) is 27.3 Å². The van der Waals surface area contributed by atoms with E-state index in [-0.39, 0.29) is 16.1 Å². The van der Waals surface area contributed by atoms with Gasteiger partial charge in [-0.1, -0.05) is 56.1 Å². The first-order valence-electron chi connectivity index (χ1n) is 8.56. The fourth-order valence-corrected chi connectivity index (χ4v) is 3.75. The zero-order valence-corrected chi connectivity index (χ0v) is 18.0. The molecule has 0 aliphatic heterocycles. The normalized spacial score (nSPS) is 13.0. The molecule has 0 spiro atoms. The van der Waals surface area contributed by atoms with Gasteiger partial charge in [-0.3, -0.25) is 0 Å². The van der Waals surface area contributed by atoms with E-state index in [4.69, 9.17) is 27.5 Å². The van der Waals surface area contributed by atoms with Crippen molar-refractivity contribution in [2.24, 2.45) is 0 Å². The lowest BCUT2D eigenvalue weighted by Gasteiger charge is -2.19. The van der Waals surface area contributed by atoms with Gasteiger partial charge in [0.2, 0.25) is 11.1 Å². The summed E-state index contributed by atoms with van der Waals surface area (Å²) in [5.74, 6) is -0.211. The highest BCUT2D eigenvalue weighted by Crippen LogP contribution is 2.36. The first kappa shape index (κ1) is 21.0. The molecule has 0 radical (unpaired) electrons. The summed E-state index contributed by atoms with van der Waals surface area (Å²) in [6.45, 7) is 6.38. The van der Waals surface area contributed by atoms with Crippen LogP contribution in [0.25, 0.3) is 10.9 Å². The quantitative estimate of drug-likeness (QED) is 0.529. The maximum Gasteiger partial charge on any atom is 0.210 e. The number of hydrogen-bond donors (Lipinski definition) is 2. The summed E-state index contributed by atoms with van der Waals surface area (Å²) in [5, 5.41) is 12.2. The first-order chi connectivity index (χ1) is 13.2. The Kier molecular flexibility index (Phi) is 6.27. The molecule has 5 nitrogen and oxygen atoms in total. The minimum atomic E-state index is -1.98. The van der Waals surface area contributed by atoms with Crippen molar-refractivity contribution < 1.29 is 13.6 Å². The summed E-state index contributed by atoms with van der Waals surface area (Å²) in [4.78, 5) is 4.58. The van der Waals surface area contributed by atoms with E-state index in [1.807, 2.05) is 39.0 Å². The number of hydroxylamine groups is 1. The third kappa shape index (κ3) is 4.64. The van der Waals surface area contributed by atoms with E-state index >= 15 is 0 Å². The second-order valence-corrected chi connectivity index (χ2v) is 9.23. The van der Waals surface area contributed by atoms with E-state index in [1.54, 1.807) is 18.2 Å². The second-order valence-electron chi connectivity index (χ2n) is 7.31. The summed E-state index contributed by atoms with van der Waals surface area (Å²) >= 11 is 10.2. The van der Waals surface area contributed by atoms with Crippen LogP contribution in [0.3, 0.4) is 0 Å². The lowest BCUT2D eigenvalue weighted by Crippen LogP contribution is -2.16. The molecular weight excluding hydrogens is 419 g/mol. The van der Waals surface area contributed by atoms with E-state index < -0.39 is 11.1 Å². The van der Waals surface area contributed by atoms with Crippen molar-refractivity contribution in [1.29, 1.82) is 0 Å². The summed E-state index contributed by atoms with van der Waals surface area (Å²) in [6.07, 6.45) is 0. The number of rotatable bonds is 5. The summed E-state index contributed by atoms with van der Waals surface area (Å²) < 4.78 is 17.7. The van der Waals surface area contributed by atoms with Gasteiger partial charge >= 0.3 is 0 Å². The molecule has 3 aromatic rings. The molecule has 0 amide bonds. The molecule has 0 aliphatic rings. The maximum absolute atomic E-state index is 12.5. The van der Waals surface area contributed by atoms with Crippen LogP contribution >= 0.6 is 23.2 Å². The highest BCUT2D eigenvalue weighted by atomic mass is 35.5. The number of nitrogens with zero attached hydrogens (tertiary/aromatic N) is 1. The zero-order chi connectivity index (χ0) is 20.5. The highest BCUT2D eigenvalue weighted by molar-refractivity contribution is 7.80. The molecule has 2 aromatic carbocycles. The van der Waals surface area contributed by atoms with Gasteiger partial charge in [-0.25, -0.2) is 9.19 Å². The molecule has 0 aliphatic carbocycles. The van der Waals surface area contributed by atoms with Gasteiger partial charge in [0.15, 0.2) is 5.75 Å². The summed E-state index contributed by atoms with van der Waals surface area (Å²) in [5.41, 5.74) is 4.41. The lowest BCUT2D eigenvalue weighted by molar-refractivity contribution is 0.215. The molecule has 1 heterocycles. The standard InChI is InChI=1S/C20H20Cl2N2O3S/c1-20(2,3)17-9-8-14-15(22)10-16(19(25)18(14)24-17)28(26)27-23-11-12-4-6-13(21)7-5-12/h4-10,23,25H,11H2,1-3H3. The number of nitrogens with one attached hydrogen (secondary N) is 1. The van der Waals surface area contributed by atoms with Gasteiger partial charge in [0, 0.05) is 28.1 Å². The maximum atomic E-state index is 12.5. The minimum absolute atomic E-state index is 0.0552. The number of phenols is 1. The fraction of sp³-hybridized carbons (Fsp3) is 0.250. The summed E-state index contributed by atoms with van der Waals surface area (Å²) in [6, 6.07) is 12.3. The van der Waals surface area contributed by atoms with E-state index in [9.17, 15) is 9.32 Å². The Bertz CT molecular complexity index is 1030. The Morgan fingerprint density at radius 1 is 1.14 bits per heavy atom. The van der Waals surface area contributed by atoms with Gasteiger partial charge in [0.1, 0.15) is 10.4 Å². The van der Waals surface area contributed by atoms with Crippen molar-refractivity contribution in [2.75, 3.05) is 0 Å². The molecule has 1 atom stereocenters. The van der Waals surface area contributed by atoms with Crippen LogP contribution in [0.1, 0.15) is 32.0 Å². The minimum Gasteiger partial charge on any atom is -0.504 e. The number of aromatic nitrogens is 1. The van der Waals surface area contributed by atoms with E-state index in [2.05, 4.69) is 10.5 Å². The predicted octanol–water partition coefficient (Wildman–Crippen LogP) is 5.29. The van der Waals surface area contributed by atoms with Crippen LogP contribution in [0.15, 0.2) is 47.4 Å². The predicted molar refractivity (Wildman–Crippen MR) is 113 cm³/mol. The second kappa shape index (κ2) is 8.35. The number of benzene rings is 2. The van der Waals surface area contributed by atoms with Crippen LogP contribution in [0.5, 0.6) is 5.75 Å². The molecule has 3 rings (SSSR count). The number of pyridine rings is 1. The van der Waals surface area contributed by atoms with Gasteiger partial charge in [-0.2, -0.15) is 9.76 Å². The molecular formula is C20H20Cl2N2O3S. The number of fused-ring (bicyclic) bond motifs is 1. The highest BCUT2D eigenvalue weighted by Gasteiger charge is 2.21. The average Bonchev–Trinajstić information content (AvgIpc) is 2.65. The van der Waals surface area contributed by atoms with Crippen molar-refractivity contribution in [3.05, 3.63) is 63.8 Å². The molecule has 0 fully saturated rings. The Hall–Kier alpha value is -1.70. The molecule has 1 aromatic heterocycles. The molecule has 2 N–H and O–H groups in total. The molecule has 0 saturated heterocycles. The largest absolute Gasteiger partial charge is 0.504 e.